The van der Waals surface area contributed by atoms with E-state index in [1.165, 1.54) is 49.3 Å². The number of halogens is 2. The van der Waals surface area contributed by atoms with Crippen LogP contribution in [0.2, 0.25) is 0 Å². The maximum absolute atomic E-state index is 13.8. The summed E-state index contributed by atoms with van der Waals surface area (Å²) in [6.07, 6.45) is 5.30. The molecule has 4 rings (SSSR count). The highest BCUT2D eigenvalue weighted by Crippen LogP contribution is 2.25. The highest BCUT2D eigenvalue weighted by atomic mass is 19.1. The van der Waals surface area contributed by atoms with Crippen LogP contribution >= 0.6 is 0 Å². The first-order chi connectivity index (χ1) is 13.7. The van der Waals surface area contributed by atoms with Crippen molar-refractivity contribution in [3.8, 4) is 0 Å². The predicted octanol–water partition coefficient (Wildman–Crippen LogP) is 5.23. The fourth-order valence-electron chi connectivity index (χ4n) is 3.27. The highest BCUT2D eigenvalue weighted by molar-refractivity contribution is 5.62. The molecule has 5 nitrogen and oxygen atoms in total. The molecule has 0 aliphatic carbocycles. The van der Waals surface area contributed by atoms with Crippen molar-refractivity contribution in [3.63, 3.8) is 0 Å². The maximum Gasteiger partial charge on any atom is 0.229 e. The summed E-state index contributed by atoms with van der Waals surface area (Å²) in [5.74, 6) is -0.760. The number of piperidine rings is 1. The third-order valence-electron chi connectivity index (χ3n) is 4.72. The minimum Gasteiger partial charge on any atom is -0.372 e. The van der Waals surface area contributed by atoms with E-state index in [-0.39, 0.29) is 11.6 Å². The second-order valence-corrected chi connectivity index (χ2v) is 6.71. The summed E-state index contributed by atoms with van der Waals surface area (Å²) in [5.41, 5.74) is 1.82. The van der Waals surface area contributed by atoms with Gasteiger partial charge in [-0.15, -0.1) is 0 Å². The summed E-state index contributed by atoms with van der Waals surface area (Å²) in [4.78, 5) is 10.7. The van der Waals surface area contributed by atoms with Crippen LogP contribution in [0.3, 0.4) is 0 Å². The Morgan fingerprint density at radius 3 is 2.25 bits per heavy atom. The molecule has 2 N–H and O–H groups in total. The Balaban J connectivity index is 1.46. The Kier molecular flexibility index (Phi) is 5.32. The number of rotatable bonds is 5. The standard InChI is InChI=1S/C21H21F2N5/c22-17-5-4-6-18(23)20(17)27-21-24-12-11-19(26-21)25-15-7-9-16(10-8-15)28-13-2-1-3-14-28/h4-12H,1-3,13-14H2,(H2,24,25,26,27). The molecule has 7 heteroatoms. The van der Waals surface area contributed by atoms with E-state index in [1.807, 2.05) is 12.1 Å². The first-order valence-corrected chi connectivity index (χ1v) is 9.35. The van der Waals surface area contributed by atoms with E-state index in [2.05, 4.69) is 37.6 Å². The summed E-state index contributed by atoms with van der Waals surface area (Å²) in [6, 6.07) is 13.5. The minimum atomic E-state index is -0.699. The first-order valence-electron chi connectivity index (χ1n) is 9.35. The molecule has 2 heterocycles. The van der Waals surface area contributed by atoms with Crippen molar-refractivity contribution in [2.75, 3.05) is 28.6 Å². The van der Waals surface area contributed by atoms with Gasteiger partial charge in [0, 0.05) is 30.7 Å². The third kappa shape index (κ3) is 4.19. The molecule has 1 fully saturated rings. The molecule has 0 atom stereocenters. The zero-order chi connectivity index (χ0) is 19.3. The lowest BCUT2D eigenvalue weighted by molar-refractivity contribution is 0.578. The van der Waals surface area contributed by atoms with Gasteiger partial charge in [-0.05, 0) is 61.7 Å². The summed E-state index contributed by atoms with van der Waals surface area (Å²) >= 11 is 0. The zero-order valence-electron chi connectivity index (χ0n) is 15.3. The van der Waals surface area contributed by atoms with Crippen molar-refractivity contribution in [1.29, 1.82) is 0 Å². The number of nitrogens with one attached hydrogen (secondary N) is 2. The first kappa shape index (κ1) is 18.2. The van der Waals surface area contributed by atoms with Gasteiger partial charge in [-0.3, -0.25) is 0 Å². The van der Waals surface area contributed by atoms with Gasteiger partial charge in [0.1, 0.15) is 23.1 Å². The number of nitrogens with zero attached hydrogens (tertiary/aromatic N) is 3. The van der Waals surface area contributed by atoms with E-state index in [4.69, 9.17) is 0 Å². The number of anilines is 5. The number of aromatic nitrogens is 2. The quantitative estimate of drug-likeness (QED) is 0.634. The number of benzene rings is 2. The molecule has 3 aromatic rings. The van der Waals surface area contributed by atoms with Crippen LogP contribution in [0.5, 0.6) is 0 Å². The van der Waals surface area contributed by atoms with E-state index in [1.54, 1.807) is 6.07 Å². The molecular weight excluding hydrogens is 360 g/mol. The van der Waals surface area contributed by atoms with Gasteiger partial charge in [-0.2, -0.15) is 4.98 Å². The molecule has 0 radical (unpaired) electrons. The van der Waals surface area contributed by atoms with Crippen LogP contribution in [-0.4, -0.2) is 23.1 Å². The molecule has 144 valence electrons. The van der Waals surface area contributed by atoms with Gasteiger partial charge in [-0.1, -0.05) is 6.07 Å². The summed E-state index contributed by atoms with van der Waals surface area (Å²) in [7, 11) is 0. The number of hydrogen-bond donors (Lipinski definition) is 2. The van der Waals surface area contributed by atoms with Crippen molar-refractivity contribution in [1.82, 2.24) is 9.97 Å². The molecular formula is C21H21F2N5. The largest absolute Gasteiger partial charge is 0.372 e. The highest BCUT2D eigenvalue weighted by Gasteiger charge is 2.12. The van der Waals surface area contributed by atoms with Crippen LogP contribution in [-0.2, 0) is 0 Å². The molecule has 2 aromatic carbocycles. The maximum atomic E-state index is 13.8. The van der Waals surface area contributed by atoms with Crippen molar-refractivity contribution < 1.29 is 8.78 Å². The molecule has 1 aliphatic rings. The molecule has 28 heavy (non-hydrogen) atoms. The Morgan fingerprint density at radius 2 is 1.54 bits per heavy atom. The fraction of sp³-hybridized carbons (Fsp3) is 0.238. The van der Waals surface area contributed by atoms with E-state index >= 15 is 0 Å². The summed E-state index contributed by atoms with van der Waals surface area (Å²) in [6.45, 7) is 2.20. The molecule has 1 aromatic heterocycles. The van der Waals surface area contributed by atoms with Gasteiger partial charge in [0.25, 0.3) is 0 Å². The van der Waals surface area contributed by atoms with Crippen LogP contribution in [0.25, 0.3) is 0 Å². The van der Waals surface area contributed by atoms with Crippen molar-refractivity contribution in [2.24, 2.45) is 0 Å². The average Bonchev–Trinajstić information content (AvgIpc) is 2.72. The lowest BCUT2D eigenvalue weighted by Gasteiger charge is -2.28. The summed E-state index contributed by atoms with van der Waals surface area (Å²) < 4.78 is 27.6. The van der Waals surface area contributed by atoms with Crippen LogP contribution in [0.4, 0.5) is 37.6 Å². The Bertz CT molecular complexity index is 920. The molecule has 0 saturated carbocycles. The van der Waals surface area contributed by atoms with Gasteiger partial charge < -0.3 is 15.5 Å². The second kappa shape index (κ2) is 8.21. The number of hydrogen-bond acceptors (Lipinski definition) is 5. The minimum absolute atomic E-state index is 0.110. The van der Waals surface area contributed by atoms with Gasteiger partial charge in [0.15, 0.2) is 0 Å². The fourth-order valence-corrected chi connectivity index (χ4v) is 3.27. The zero-order valence-corrected chi connectivity index (χ0v) is 15.3. The van der Waals surface area contributed by atoms with E-state index in [0.29, 0.717) is 5.82 Å². The Hall–Kier alpha value is -3.22. The molecule has 0 bridgehead atoms. The average molecular weight is 381 g/mol. The van der Waals surface area contributed by atoms with Crippen LogP contribution < -0.4 is 15.5 Å². The number of para-hydroxylation sites is 1. The van der Waals surface area contributed by atoms with Crippen LogP contribution in [0, 0.1) is 11.6 Å². The monoisotopic (exact) mass is 381 g/mol. The molecule has 0 spiro atoms. The Morgan fingerprint density at radius 1 is 0.821 bits per heavy atom. The lowest BCUT2D eigenvalue weighted by Crippen LogP contribution is -2.29. The van der Waals surface area contributed by atoms with Crippen molar-refractivity contribution in [3.05, 3.63) is 66.4 Å². The van der Waals surface area contributed by atoms with Gasteiger partial charge in [0.05, 0.1) is 0 Å². The lowest BCUT2D eigenvalue weighted by atomic mass is 10.1. The smallest absolute Gasteiger partial charge is 0.229 e. The Labute approximate surface area is 162 Å². The summed E-state index contributed by atoms with van der Waals surface area (Å²) in [5, 5.41) is 5.79. The molecule has 0 amide bonds. The van der Waals surface area contributed by atoms with E-state index < -0.39 is 11.6 Å². The van der Waals surface area contributed by atoms with Gasteiger partial charge in [0.2, 0.25) is 5.95 Å². The van der Waals surface area contributed by atoms with Crippen LogP contribution in [0.1, 0.15) is 19.3 Å². The molecule has 0 unspecified atom stereocenters. The second-order valence-electron chi connectivity index (χ2n) is 6.71. The normalized spacial score (nSPS) is 14.0. The van der Waals surface area contributed by atoms with Crippen molar-refractivity contribution >= 4 is 28.8 Å². The van der Waals surface area contributed by atoms with Gasteiger partial charge in [-0.25, -0.2) is 13.8 Å². The van der Waals surface area contributed by atoms with E-state index in [0.717, 1.165) is 18.8 Å². The topological polar surface area (TPSA) is 53.1 Å². The van der Waals surface area contributed by atoms with Gasteiger partial charge >= 0.3 is 0 Å². The van der Waals surface area contributed by atoms with Crippen LogP contribution in [0.15, 0.2) is 54.7 Å². The SMILES string of the molecule is Fc1cccc(F)c1Nc1nccc(Nc2ccc(N3CCCCC3)cc2)n1. The predicted molar refractivity (Wildman–Crippen MR) is 107 cm³/mol. The van der Waals surface area contributed by atoms with Crippen molar-refractivity contribution in [2.45, 2.75) is 19.3 Å². The third-order valence-corrected chi connectivity index (χ3v) is 4.72. The molecule has 1 aliphatic heterocycles. The molecule has 1 saturated heterocycles. The van der Waals surface area contributed by atoms with E-state index in [9.17, 15) is 8.78 Å².